The van der Waals surface area contributed by atoms with Gasteiger partial charge in [-0.25, -0.2) is 27.5 Å². The summed E-state index contributed by atoms with van der Waals surface area (Å²) < 4.78 is 87.6. The predicted molar refractivity (Wildman–Crippen MR) is 281 cm³/mol. The molecule has 0 saturated carbocycles. The number of carbonyl (C=O) groups is 5. The van der Waals surface area contributed by atoms with Gasteiger partial charge in [0.05, 0.1) is 25.0 Å². The molecule has 3 atom stereocenters. The lowest BCUT2D eigenvalue weighted by Crippen LogP contribution is -2.52. The number of oxime groups is 1. The molecule has 0 radical (unpaired) electrons. The SMILES string of the molecule is CC1=NO[C@@]2(CC[C@H](C)N3C[C@H]2n2cc(C(=O)NCc4ccc(F)cc4F)c(=O)c(OCOC(=O)OCC(C)(C)CN(CC(=O)OCc4ccccc4)C(=O)OCOP(=O)(OCc4ccccc4)OCc4ccccc4)c2C3=O)C1. The second-order valence-electron chi connectivity index (χ2n) is 20.1. The van der Waals surface area contributed by atoms with E-state index in [1.54, 1.807) is 117 Å². The third-order valence-corrected chi connectivity index (χ3v) is 14.7. The number of amides is 3. The van der Waals surface area contributed by atoms with Gasteiger partial charge in [0, 0.05) is 55.3 Å². The molecule has 1 N–H and O–H groups in total. The molecule has 4 aromatic carbocycles. The van der Waals surface area contributed by atoms with Crippen LogP contribution in [-0.4, -0.2) is 102 Å². The number of esters is 1. The molecule has 80 heavy (non-hydrogen) atoms. The monoisotopic (exact) mass is 1130 g/mol. The highest BCUT2D eigenvalue weighted by Gasteiger charge is 2.54. The molecule has 24 heteroatoms. The number of rotatable bonds is 23. The first-order valence-corrected chi connectivity index (χ1v) is 27.0. The molecule has 0 aliphatic carbocycles. The standard InChI is InChI=1S/C56H60F2N5O16P/c1-37-25-56(79-60-37)23-22-38(2)62-28-46(56)63-27-44(51(66)59-26-42-20-21-43(57)24-45(42)58)49(65)50(48(63)52(62)67)73-35-75-54(69)72-34-55(3,4)33-61(29-47(64)71-30-39-14-8-5-9-15-39)53(68)74-36-78-80(70,76-31-40-16-10-6-11-17-40)77-32-41-18-12-7-13-19-41/h5-21,24,27,38,46H,22-23,25-26,28-36H2,1-4H3,(H,59,66)/t38-,46+,56-/m0/s1. The third kappa shape index (κ3) is 14.8. The number of ether oxygens (including phenoxy) is 5. The summed E-state index contributed by atoms with van der Waals surface area (Å²) >= 11 is 0. The van der Waals surface area contributed by atoms with Gasteiger partial charge in [-0.1, -0.05) is 116 Å². The highest BCUT2D eigenvalue weighted by atomic mass is 31.2. The molecule has 424 valence electrons. The zero-order valence-corrected chi connectivity index (χ0v) is 45.2. The fraction of sp³-hybridized carbons (Fsp3) is 0.375. The van der Waals surface area contributed by atoms with Crippen LogP contribution in [0.2, 0.25) is 0 Å². The lowest BCUT2D eigenvalue weighted by molar-refractivity contribution is -0.146. The van der Waals surface area contributed by atoms with E-state index in [0.717, 1.165) is 17.0 Å². The molecule has 4 heterocycles. The lowest BCUT2D eigenvalue weighted by atomic mass is 9.84. The molecule has 1 fully saturated rings. The average Bonchev–Trinajstić information content (AvgIpc) is 3.95. The summed E-state index contributed by atoms with van der Waals surface area (Å²) in [6.45, 7) is 2.66. The van der Waals surface area contributed by atoms with E-state index in [-0.39, 0.29) is 50.2 Å². The Morgan fingerprint density at radius 1 is 0.838 bits per heavy atom. The van der Waals surface area contributed by atoms with Crippen molar-refractivity contribution < 1.29 is 79.4 Å². The highest BCUT2D eigenvalue weighted by molar-refractivity contribution is 7.48. The molecular formula is C56H60F2N5O16P. The number of hydrogen-bond donors (Lipinski definition) is 1. The molecule has 1 aromatic heterocycles. The van der Waals surface area contributed by atoms with E-state index in [4.69, 9.17) is 42.1 Å². The van der Waals surface area contributed by atoms with E-state index in [1.807, 2.05) is 6.92 Å². The summed E-state index contributed by atoms with van der Waals surface area (Å²) in [5, 5.41) is 6.70. The van der Waals surface area contributed by atoms with Gasteiger partial charge in [-0.2, -0.15) is 0 Å². The zero-order valence-electron chi connectivity index (χ0n) is 44.3. The largest absolute Gasteiger partial charge is 0.511 e. The Hall–Kier alpha value is -7.98. The van der Waals surface area contributed by atoms with Gasteiger partial charge in [-0.3, -0.25) is 33.1 Å². The van der Waals surface area contributed by atoms with E-state index >= 15 is 0 Å². The molecule has 2 bridgehead atoms. The van der Waals surface area contributed by atoms with Gasteiger partial charge in [0.1, 0.15) is 37.0 Å². The van der Waals surface area contributed by atoms with Crippen LogP contribution in [0.3, 0.4) is 0 Å². The van der Waals surface area contributed by atoms with Crippen molar-refractivity contribution in [3.8, 4) is 5.75 Å². The van der Waals surface area contributed by atoms with E-state index < -0.39 is 117 Å². The first kappa shape index (κ1) is 58.2. The predicted octanol–water partition coefficient (Wildman–Crippen LogP) is 8.98. The van der Waals surface area contributed by atoms with Crippen molar-refractivity contribution in [3.05, 3.63) is 171 Å². The highest BCUT2D eigenvalue weighted by Crippen LogP contribution is 2.51. The summed E-state index contributed by atoms with van der Waals surface area (Å²) in [7, 11) is -4.41. The molecule has 3 aliphatic rings. The zero-order chi connectivity index (χ0) is 57.0. The number of phosphoric acid groups is 1. The maximum atomic E-state index is 14.6. The van der Waals surface area contributed by atoms with Gasteiger partial charge < -0.3 is 43.3 Å². The van der Waals surface area contributed by atoms with Gasteiger partial charge in [-0.05, 0) is 49.4 Å². The second kappa shape index (κ2) is 25.9. The van der Waals surface area contributed by atoms with Crippen LogP contribution in [0.5, 0.6) is 5.75 Å². The second-order valence-corrected chi connectivity index (χ2v) is 21.8. The first-order valence-electron chi connectivity index (χ1n) is 25.5. The fourth-order valence-electron chi connectivity index (χ4n) is 9.26. The van der Waals surface area contributed by atoms with Gasteiger partial charge in [0.25, 0.3) is 11.8 Å². The number of benzene rings is 4. The smallest absolute Gasteiger partial charge is 0.459 e. The van der Waals surface area contributed by atoms with Crippen LogP contribution in [0.25, 0.3) is 0 Å². The Bertz CT molecular complexity index is 3140. The molecule has 1 spiro atoms. The van der Waals surface area contributed by atoms with Crippen molar-refractivity contribution in [2.24, 2.45) is 10.6 Å². The number of phosphoric ester groups is 1. The summed E-state index contributed by atoms with van der Waals surface area (Å²) in [5.41, 5.74) is -1.40. The Kier molecular flexibility index (Phi) is 18.8. The van der Waals surface area contributed by atoms with Gasteiger partial charge in [0.2, 0.25) is 24.8 Å². The summed E-state index contributed by atoms with van der Waals surface area (Å²) in [6.07, 6.45) is 0.0977. The number of pyridine rings is 1. The van der Waals surface area contributed by atoms with Crippen LogP contribution in [0.4, 0.5) is 18.4 Å². The Morgan fingerprint density at radius 3 is 2.09 bits per heavy atom. The van der Waals surface area contributed by atoms with Crippen molar-refractivity contribution in [2.45, 2.75) is 91.0 Å². The van der Waals surface area contributed by atoms with Gasteiger partial charge in [-0.15, -0.1) is 0 Å². The van der Waals surface area contributed by atoms with Crippen LogP contribution in [0.15, 0.2) is 125 Å². The van der Waals surface area contributed by atoms with Crippen LogP contribution < -0.4 is 15.5 Å². The molecule has 0 unspecified atom stereocenters. The molecule has 5 aromatic rings. The summed E-state index contributed by atoms with van der Waals surface area (Å²) in [4.78, 5) is 91.5. The van der Waals surface area contributed by atoms with E-state index in [0.29, 0.717) is 47.7 Å². The van der Waals surface area contributed by atoms with Crippen LogP contribution in [0, 0.1) is 17.0 Å². The quantitative estimate of drug-likeness (QED) is 0.0278. The maximum absolute atomic E-state index is 14.6. The topological polar surface area (TPSA) is 238 Å². The minimum absolute atomic E-state index is 0.0722. The third-order valence-electron chi connectivity index (χ3n) is 13.4. The van der Waals surface area contributed by atoms with Gasteiger partial charge in [0.15, 0.2) is 11.3 Å². The van der Waals surface area contributed by atoms with Crippen LogP contribution >= 0.6 is 7.82 Å². The molecule has 1 saturated heterocycles. The van der Waals surface area contributed by atoms with Crippen molar-refractivity contribution in [3.63, 3.8) is 0 Å². The number of aromatic nitrogens is 1. The molecule has 3 amide bonds. The number of halogens is 2. The van der Waals surface area contributed by atoms with Gasteiger partial charge >= 0.3 is 26.0 Å². The number of hydrogen-bond acceptors (Lipinski definition) is 17. The minimum Gasteiger partial charge on any atom is -0.459 e. The first-order chi connectivity index (χ1) is 38.3. The van der Waals surface area contributed by atoms with E-state index in [1.165, 1.54) is 10.8 Å². The normalized spacial score (nSPS) is 17.6. The Labute approximate surface area is 459 Å². The number of carbonyl (C=O) groups excluding carboxylic acids is 5. The number of nitrogens with zero attached hydrogens (tertiary/aromatic N) is 4. The number of fused-ring (bicyclic) bond motifs is 5. The van der Waals surface area contributed by atoms with Crippen LogP contribution in [0.1, 0.15) is 96.1 Å². The Morgan fingerprint density at radius 2 is 1.48 bits per heavy atom. The van der Waals surface area contributed by atoms with Crippen LogP contribution in [-0.2, 0) is 73.1 Å². The van der Waals surface area contributed by atoms with Crippen molar-refractivity contribution in [1.29, 1.82) is 0 Å². The van der Waals surface area contributed by atoms with Crippen molar-refractivity contribution in [2.75, 3.05) is 39.8 Å². The minimum atomic E-state index is -4.41. The van der Waals surface area contributed by atoms with Crippen molar-refractivity contribution in [1.82, 2.24) is 19.7 Å². The maximum Gasteiger partial charge on any atom is 0.511 e. The lowest BCUT2D eigenvalue weighted by Gasteiger charge is -2.42. The number of nitrogens with one attached hydrogen (secondary N) is 1. The fourth-order valence-corrected chi connectivity index (χ4v) is 10.3. The molecule has 3 aliphatic heterocycles. The van der Waals surface area contributed by atoms with Crippen molar-refractivity contribution >= 4 is 43.6 Å². The summed E-state index contributed by atoms with van der Waals surface area (Å²) in [5.74, 6) is -4.83. The Balaban J connectivity index is 0.948. The van der Waals surface area contributed by atoms with E-state index in [9.17, 15) is 42.1 Å². The van der Waals surface area contributed by atoms with E-state index in [2.05, 4.69) is 10.5 Å². The average molecular weight is 1130 g/mol. The molecule has 21 nitrogen and oxygen atoms in total. The molecular weight excluding hydrogens is 1070 g/mol. The molecule has 8 rings (SSSR count). The summed E-state index contributed by atoms with van der Waals surface area (Å²) in [6, 6.07) is 28.2.